The number of hydrogen-bond donors (Lipinski definition) is 0. The standard InChI is InChI=1S/C14H9FN2OS/c15-12-1-3-13(4-2-12)17-7-11(8-18)14(16-17)10-5-6-19-9-10/h1-9H. The van der Waals surface area contributed by atoms with Crippen LogP contribution >= 0.6 is 11.3 Å². The van der Waals surface area contributed by atoms with Gasteiger partial charge in [-0.25, -0.2) is 9.07 Å². The van der Waals surface area contributed by atoms with E-state index in [1.165, 1.54) is 12.1 Å². The van der Waals surface area contributed by atoms with E-state index in [4.69, 9.17) is 0 Å². The summed E-state index contributed by atoms with van der Waals surface area (Å²) in [6.07, 6.45) is 2.42. The van der Waals surface area contributed by atoms with E-state index in [1.54, 1.807) is 34.3 Å². The highest BCUT2D eigenvalue weighted by atomic mass is 32.1. The molecule has 0 saturated heterocycles. The molecule has 0 N–H and O–H groups in total. The second-order valence-corrected chi connectivity index (χ2v) is 4.76. The third kappa shape index (κ3) is 2.20. The van der Waals surface area contributed by atoms with Crippen LogP contribution in [0.2, 0.25) is 0 Å². The molecule has 0 aliphatic rings. The molecule has 0 radical (unpaired) electrons. The van der Waals surface area contributed by atoms with E-state index in [-0.39, 0.29) is 5.82 Å². The SMILES string of the molecule is O=Cc1cn(-c2ccc(F)cc2)nc1-c1ccsc1. The van der Waals surface area contributed by atoms with Gasteiger partial charge in [-0.3, -0.25) is 4.79 Å². The van der Waals surface area contributed by atoms with E-state index < -0.39 is 0 Å². The van der Waals surface area contributed by atoms with Crippen molar-refractivity contribution in [3.63, 3.8) is 0 Å². The Morgan fingerprint density at radius 3 is 2.63 bits per heavy atom. The number of aromatic nitrogens is 2. The van der Waals surface area contributed by atoms with Gasteiger partial charge in [0.1, 0.15) is 11.5 Å². The molecule has 94 valence electrons. The molecule has 1 aromatic carbocycles. The molecule has 0 aliphatic carbocycles. The highest BCUT2D eigenvalue weighted by molar-refractivity contribution is 7.08. The molecule has 3 rings (SSSR count). The molecular weight excluding hydrogens is 263 g/mol. The Balaban J connectivity index is 2.09. The predicted molar refractivity (Wildman–Crippen MR) is 72.2 cm³/mol. The number of benzene rings is 1. The van der Waals surface area contributed by atoms with Gasteiger partial charge >= 0.3 is 0 Å². The van der Waals surface area contributed by atoms with Gasteiger partial charge in [0.15, 0.2) is 6.29 Å². The maximum Gasteiger partial charge on any atom is 0.153 e. The van der Waals surface area contributed by atoms with E-state index in [0.717, 1.165) is 11.8 Å². The van der Waals surface area contributed by atoms with Gasteiger partial charge in [-0.15, -0.1) is 0 Å². The normalized spacial score (nSPS) is 10.6. The summed E-state index contributed by atoms with van der Waals surface area (Å²) in [5.41, 5.74) is 2.78. The average molecular weight is 272 g/mol. The number of halogens is 1. The van der Waals surface area contributed by atoms with Gasteiger partial charge in [-0.05, 0) is 35.7 Å². The lowest BCUT2D eigenvalue weighted by Gasteiger charge is -1.99. The largest absolute Gasteiger partial charge is 0.298 e. The smallest absolute Gasteiger partial charge is 0.153 e. The molecule has 0 aliphatic heterocycles. The number of carbonyl (C=O) groups excluding carboxylic acids is 1. The monoisotopic (exact) mass is 272 g/mol. The fraction of sp³-hybridized carbons (Fsp3) is 0. The zero-order valence-corrected chi connectivity index (χ0v) is 10.6. The first kappa shape index (κ1) is 11.8. The third-order valence-corrected chi connectivity index (χ3v) is 3.44. The molecule has 5 heteroatoms. The first-order valence-corrected chi connectivity index (χ1v) is 6.55. The number of hydrogen-bond acceptors (Lipinski definition) is 3. The highest BCUT2D eigenvalue weighted by Crippen LogP contribution is 2.24. The summed E-state index contributed by atoms with van der Waals surface area (Å²) in [5, 5.41) is 8.26. The summed E-state index contributed by atoms with van der Waals surface area (Å²) in [6, 6.07) is 7.88. The Bertz CT molecular complexity index is 702. The minimum absolute atomic E-state index is 0.301. The Kier molecular flexibility index (Phi) is 2.97. The number of aldehydes is 1. The lowest BCUT2D eigenvalue weighted by molar-refractivity contribution is 0.112. The molecule has 0 fully saturated rings. The van der Waals surface area contributed by atoms with Crippen molar-refractivity contribution in [2.24, 2.45) is 0 Å². The van der Waals surface area contributed by atoms with Gasteiger partial charge in [0.2, 0.25) is 0 Å². The second kappa shape index (κ2) is 4.78. The first-order chi connectivity index (χ1) is 9.28. The van der Waals surface area contributed by atoms with E-state index in [2.05, 4.69) is 5.10 Å². The molecule has 0 saturated carbocycles. The molecule has 0 spiro atoms. The van der Waals surface area contributed by atoms with Crippen molar-refractivity contribution in [3.05, 3.63) is 58.7 Å². The quantitative estimate of drug-likeness (QED) is 0.683. The van der Waals surface area contributed by atoms with Crippen LogP contribution < -0.4 is 0 Å². The van der Waals surface area contributed by atoms with Gasteiger partial charge < -0.3 is 0 Å². The van der Waals surface area contributed by atoms with Crippen LogP contribution in [0, 0.1) is 5.82 Å². The zero-order valence-electron chi connectivity index (χ0n) is 9.79. The Morgan fingerprint density at radius 2 is 2.00 bits per heavy atom. The molecule has 0 atom stereocenters. The second-order valence-electron chi connectivity index (χ2n) is 3.98. The summed E-state index contributed by atoms with van der Waals surface area (Å²) in [5.74, 6) is -0.301. The van der Waals surface area contributed by atoms with Crippen molar-refractivity contribution in [1.82, 2.24) is 9.78 Å². The van der Waals surface area contributed by atoms with Crippen molar-refractivity contribution in [2.75, 3.05) is 0 Å². The number of carbonyl (C=O) groups is 1. The molecule has 19 heavy (non-hydrogen) atoms. The van der Waals surface area contributed by atoms with Crippen LogP contribution in [0.5, 0.6) is 0 Å². The summed E-state index contributed by atoms with van der Waals surface area (Å²) >= 11 is 1.55. The van der Waals surface area contributed by atoms with E-state index >= 15 is 0 Å². The number of thiophene rings is 1. The lowest BCUT2D eigenvalue weighted by atomic mass is 10.2. The van der Waals surface area contributed by atoms with Crippen LogP contribution in [0.25, 0.3) is 16.9 Å². The van der Waals surface area contributed by atoms with Crippen LogP contribution in [-0.2, 0) is 0 Å². The van der Waals surface area contributed by atoms with Gasteiger partial charge in [0.25, 0.3) is 0 Å². The molecule has 3 nitrogen and oxygen atoms in total. The van der Waals surface area contributed by atoms with Gasteiger partial charge in [0, 0.05) is 17.1 Å². The van der Waals surface area contributed by atoms with E-state index in [1.807, 2.05) is 16.8 Å². The van der Waals surface area contributed by atoms with Crippen LogP contribution in [0.4, 0.5) is 4.39 Å². The Labute approximate surface area is 112 Å². The highest BCUT2D eigenvalue weighted by Gasteiger charge is 2.11. The topological polar surface area (TPSA) is 34.9 Å². The van der Waals surface area contributed by atoms with E-state index in [9.17, 15) is 9.18 Å². The molecule has 0 unspecified atom stereocenters. The maximum absolute atomic E-state index is 12.9. The fourth-order valence-corrected chi connectivity index (χ4v) is 2.46. The van der Waals surface area contributed by atoms with Crippen LogP contribution in [0.15, 0.2) is 47.3 Å². The lowest BCUT2D eigenvalue weighted by Crippen LogP contribution is -1.94. The van der Waals surface area contributed by atoms with Gasteiger partial charge in [-0.1, -0.05) is 0 Å². The van der Waals surface area contributed by atoms with Crippen molar-refractivity contribution in [2.45, 2.75) is 0 Å². The molecule has 3 aromatic rings. The molecule has 2 heterocycles. The maximum atomic E-state index is 12.9. The van der Waals surface area contributed by atoms with Crippen molar-refractivity contribution < 1.29 is 9.18 Å². The van der Waals surface area contributed by atoms with Crippen LogP contribution in [0.3, 0.4) is 0 Å². The molecule has 0 amide bonds. The summed E-state index contributed by atoms with van der Waals surface area (Å²) < 4.78 is 14.5. The first-order valence-electron chi connectivity index (χ1n) is 5.61. The summed E-state index contributed by atoms with van der Waals surface area (Å²) in [4.78, 5) is 11.1. The predicted octanol–water partition coefficient (Wildman–Crippen LogP) is 3.55. The van der Waals surface area contributed by atoms with Crippen molar-refractivity contribution in [1.29, 1.82) is 0 Å². The third-order valence-electron chi connectivity index (χ3n) is 2.76. The van der Waals surface area contributed by atoms with E-state index in [0.29, 0.717) is 16.9 Å². The Morgan fingerprint density at radius 1 is 1.21 bits per heavy atom. The number of nitrogens with zero attached hydrogens (tertiary/aromatic N) is 2. The molecule has 2 aromatic heterocycles. The average Bonchev–Trinajstić information content (AvgIpc) is 3.08. The summed E-state index contributed by atoms with van der Waals surface area (Å²) in [7, 11) is 0. The minimum atomic E-state index is -0.301. The zero-order chi connectivity index (χ0) is 13.2. The van der Waals surface area contributed by atoms with Gasteiger partial charge in [-0.2, -0.15) is 16.4 Å². The fourth-order valence-electron chi connectivity index (χ4n) is 1.82. The van der Waals surface area contributed by atoms with Crippen LogP contribution in [-0.4, -0.2) is 16.1 Å². The van der Waals surface area contributed by atoms with Gasteiger partial charge in [0.05, 0.1) is 11.3 Å². The minimum Gasteiger partial charge on any atom is -0.298 e. The molecule has 0 bridgehead atoms. The Hall–Kier alpha value is -2.27. The van der Waals surface area contributed by atoms with Crippen molar-refractivity contribution in [3.8, 4) is 16.9 Å². The van der Waals surface area contributed by atoms with Crippen molar-refractivity contribution >= 4 is 17.6 Å². The molecular formula is C14H9FN2OS. The summed E-state index contributed by atoms with van der Waals surface area (Å²) in [6.45, 7) is 0. The van der Waals surface area contributed by atoms with Crippen LogP contribution in [0.1, 0.15) is 10.4 Å². The number of rotatable bonds is 3.